The van der Waals surface area contributed by atoms with Gasteiger partial charge in [0.15, 0.2) is 5.96 Å². The number of carbonyl (C=O) groups excluding carboxylic acids is 1. The first-order chi connectivity index (χ1) is 13.1. The number of anilines is 1. The molecule has 1 fully saturated rings. The highest BCUT2D eigenvalue weighted by Crippen LogP contribution is 2.27. The molecule has 7 nitrogen and oxygen atoms in total. The van der Waals surface area contributed by atoms with Gasteiger partial charge in [-0.05, 0) is 30.0 Å². The molecule has 8 heteroatoms. The van der Waals surface area contributed by atoms with Gasteiger partial charge in [-0.2, -0.15) is 0 Å². The number of amides is 1. The Hall–Kier alpha value is -2.10. The lowest BCUT2D eigenvalue weighted by atomic mass is 9.93. The van der Waals surface area contributed by atoms with E-state index in [9.17, 15) is 4.79 Å². The van der Waals surface area contributed by atoms with Gasteiger partial charge in [0, 0.05) is 51.7 Å². The summed E-state index contributed by atoms with van der Waals surface area (Å²) in [6.45, 7) is 6.36. The Morgan fingerprint density at radius 2 is 2.21 bits per heavy atom. The number of rotatable bonds is 4. The molecule has 0 radical (unpaired) electrons. The number of guanidine groups is 1. The van der Waals surface area contributed by atoms with E-state index < -0.39 is 0 Å². The van der Waals surface area contributed by atoms with Gasteiger partial charge in [-0.1, -0.05) is 19.1 Å². The molecular formula is C20H29IN6O. The molecule has 1 saturated heterocycles. The lowest BCUT2D eigenvalue weighted by Crippen LogP contribution is -2.48. The Balaban J connectivity index is 0.00000280. The first-order valence-corrected chi connectivity index (χ1v) is 9.36. The minimum absolute atomic E-state index is 0. The highest BCUT2D eigenvalue weighted by atomic mass is 127. The molecule has 1 aliphatic rings. The number of carbonyl (C=O) groups is 1. The molecule has 1 aromatic heterocycles. The fourth-order valence-electron chi connectivity index (χ4n) is 3.57. The molecule has 2 N–H and O–H groups in total. The van der Waals surface area contributed by atoms with Gasteiger partial charge in [0.05, 0.1) is 12.4 Å². The van der Waals surface area contributed by atoms with Gasteiger partial charge in [-0.3, -0.25) is 9.79 Å². The average Bonchev–Trinajstić information content (AvgIpc) is 3.17. The van der Waals surface area contributed by atoms with Gasteiger partial charge in [0.25, 0.3) is 0 Å². The highest BCUT2D eigenvalue weighted by Gasteiger charge is 2.28. The van der Waals surface area contributed by atoms with Gasteiger partial charge in [-0.15, -0.1) is 24.0 Å². The second-order valence-corrected chi connectivity index (χ2v) is 7.07. The number of hydrogen-bond donors (Lipinski definition) is 2. The quantitative estimate of drug-likeness (QED) is 0.388. The lowest BCUT2D eigenvalue weighted by molar-refractivity contribution is -0.114. The monoisotopic (exact) mass is 496 g/mol. The van der Waals surface area contributed by atoms with Gasteiger partial charge >= 0.3 is 0 Å². The molecule has 0 aliphatic carbocycles. The number of halogens is 1. The van der Waals surface area contributed by atoms with Crippen LogP contribution < -0.4 is 10.6 Å². The van der Waals surface area contributed by atoms with E-state index in [0.717, 1.165) is 36.7 Å². The van der Waals surface area contributed by atoms with Crippen molar-refractivity contribution in [1.29, 1.82) is 0 Å². The van der Waals surface area contributed by atoms with Crippen molar-refractivity contribution < 1.29 is 4.79 Å². The Bertz CT molecular complexity index is 792. The van der Waals surface area contributed by atoms with Crippen LogP contribution in [-0.4, -0.2) is 46.5 Å². The van der Waals surface area contributed by atoms with Crippen LogP contribution in [0.15, 0.2) is 48.0 Å². The summed E-state index contributed by atoms with van der Waals surface area (Å²) in [6.07, 6.45) is 6.88. The Morgan fingerprint density at radius 3 is 2.89 bits per heavy atom. The zero-order valence-corrected chi connectivity index (χ0v) is 19.0. The van der Waals surface area contributed by atoms with Gasteiger partial charge < -0.3 is 20.1 Å². The molecule has 28 heavy (non-hydrogen) atoms. The number of imidazole rings is 1. The molecule has 1 amide bonds. The van der Waals surface area contributed by atoms with E-state index >= 15 is 0 Å². The summed E-state index contributed by atoms with van der Waals surface area (Å²) in [5, 5.41) is 6.28. The number of benzene rings is 1. The summed E-state index contributed by atoms with van der Waals surface area (Å²) >= 11 is 0. The second kappa shape index (κ2) is 10.4. The van der Waals surface area contributed by atoms with Crippen molar-refractivity contribution in [2.75, 3.05) is 25.5 Å². The smallest absolute Gasteiger partial charge is 0.221 e. The van der Waals surface area contributed by atoms with Crippen LogP contribution >= 0.6 is 24.0 Å². The fourth-order valence-corrected chi connectivity index (χ4v) is 3.57. The third-order valence-corrected chi connectivity index (χ3v) is 5.04. The number of nitrogens with one attached hydrogen (secondary N) is 2. The Morgan fingerprint density at radius 1 is 1.39 bits per heavy atom. The average molecular weight is 496 g/mol. The SMILES string of the molecule is CN=C(NCc1cccc(NC(C)=O)c1)N1CCC(C)C(n2ccnc2)C1.I. The third kappa shape index (κ3) is 5.70. The van der Waals surface area contributed by atoms with Crippen LogP contribution in [0, 0.1) is 5.92 Å². The van der Waals surface area contributed by atoms with E-state index in [-0.39, 0.29) is 29.9 Å². The molecule has 2 atom stereocenters. The molecule has 1 aromatic carbocycles. The molecule has 1 aliphatic heterocycles. The Labute approximate surface area is 183 Å². The number of aromatic nitrogens is 2. The minimum Gasteiger partial charge on any atom is -0.352 e. The van der Waals surface area contributed by atoms with Crippen molar-refractivity contribution in [1.82, 2.24) is 19.8 Å². The number of aliphatic imine (C=N–C) groups is 1. The van der Waals surface area contributed by atoms with Gasteiger partial charge in [-0.25, -0.2) is 4.98 Å². The van der Waals surface area contributed by atoms with Gasteiger partial charge in [0.1, 0.15) is 0 Å². The van der Waals surface area contributed by atoms with Crippen molar-refractivity contribution >= 4 is 41.5 Å². The zero-order chi connectivity index (χ0) is 19.2. The van der Waals surface area contributed by atoms with E-state index in [1.807, 2.05) is 50.0 Å². The molecule has 2 heterocycles. The van der Waals surface area contributed by atoms with E-state index in [1.165, 1.54) is 6.92 Å². The van der Waals surface area contributed by atoms with E-state index in [2.05, 4.69) is 37.0 Å². The fraction of sp³-hybridized carbons (Fsp3) is 0.450. The molecule has 0 saturated carbocycles. The number of piperidine rings is 1. The van der Waals surface area contributed by atoms with E-state index in [0.29, 0.717) is 18.5 Å². The van der Waals surface area contributed by atoms with Crippen molar-refractivity contribution in [2.45, 2.75) is 32.9 Å². The summed E-state index contributed by atoms with van der Waals surface area (Å²) in [6, 6.07) is 8.25. The van der Waals surface area contributed by atoms with Crippen LogP contribution in [0.1, 0.15) is 31.9 Å². The number of hydrogen-bond acceptors (Lipinski definition) is 3. The molecule has 2 aromatic rings. The summed E-state index contributed by atoms with van der Waals surface area (Å²) in [5.74, 6) is 1.43. The predicted octanol–water partition coefficient (Wildman–Crippen LogP) is 3.12. The van der Waals surface area contributed by atoms with Crippen molar-refractivity contribution in [3.05, 3.63) is 48.5 Å². The van der Waals surface area contributed by atoms with Crippen LogP contribution in [0.4, 0.5) is 5.69 Å². The molecular weight excluding hydrogens is 467 g/mol. The maximum absolute atomic E-state index is 11.2. The summed E-state index contributed by atoms with van der Waals surface area (Å²) in [4.78, 5) is 22.2. The number of likely N-dealkylation sites (tertiary alicyclic amines) is 1. The molecule has 0 bridgehead atoms. The van der Waals surface area contributed by atoms with Crippen molar-refractivity contribution in [3.8, 4) is 0 Å². The lowest BCUT2D eigenvalue weighted by Gasteiger charge is -2.39. The maximum atomic E-state index is 11.2. The van der Waals surface area contributed by atoms with Crippen molar-refractivity contribution in [3.63, 3.8) is 0 Å². The standard InChI is InChI=1S/C20H28N6O.HI/c1-15-7-9-25(13-19(15)26-10-8-22-14-26)20(21-3)23-12-17-5-4-6-18(11-17)24-16(2)27;/h4-6,8,10-11,14-15,19H,7,9,12-13H2,1-3H3,(H,21,23)(H,24,27);1H. The minimum atomic E-state index is -0.0658. The van der Waals surface area contributed by atoms with Crippen molar-refractivity contribution in [2.24, 2.45) is 10.9 Å². The molecule has 0 spiro atoms. The largest absolute Gasteiger partial charge is 0.352 e. The maximum Gasteiger partial charge on any atom is 0.221 e. The first-order valence-electron chi connectivity index (χ1n) is 9.36. The van der Waals surface area contributed by atoms with Crippen LogP contribution in [0.25, 0.3) is 0 Å². The zero-order valence-electron chi connectivity index (χ0n) is 16.6. The second-order valence-electron chi connectivity index (χ2n) is 7.07. The van der Waals surface area contributed by atoms with Gasteiger partial charge in [0.2, 0.25) is 5.91 Å². The highest BCUT2D eigenvalue weighted by molar-refractivity contribution is 14.0. The number of nitrogens with zero attached hydrogens (tertiary/aromatic N) is 4. The predicted molar refractivity (Wildman–Crippen MR) is 123 cm³/mol. The third-order valence-electron chi connectivity index (χ3n) is 5.04. The normalized spacial score (nSPS) is 19.7. The summed E-state index contributed by atoms with van der Waals surface area (Å²) in [7, 11) is 1.82. The van der Waals surface area contributed by atoms with Crippen LogP contribution in [0.5, 0.6) is 0 Å². The van der Waals surface area contributed by atoms with E-state index in [4.69, 9.17) is 0 Å². The molecule has 152 valence electrons. The Kier molecular flexibility index (Phi) is 8.28. The topological polar surface area (TPSA) is 74.6 Å². The summed E-state index contributed by atoms with van der Waals surface area (Å²) in [5.41, 5.74) is 1.91. The van der Waals surface area contributed by atoms with Crippen LogP contribution in [-0.2, 0) is 11.3 Å². The first kappa shape index (κ1) is 22.2. The molecule has 3 rings (SSSR count). The van der Waals surface area contributed by atoms with Crippen LogP contribution in [0.3, 0.4) is 0 Å². The van der Waals surface area contributed by atoms with Crippen LogP contribution in [0.2, 0.25) is 0 Å². The van der Waals surface area contributed by atoms with E-state index in [1.54, 1.807) is 0 Å². The summed E-state index contributed by atoms with van der Waals surface area (Å²) < 4.78 is 2.20. The molecule has 2 unspecified atom stereocenters.